The summed E-state index contributed by atoms with van der Waals surface area (Å²) in [7, 11) is -1.23. The zero-order chi connectivity index (χ0) is 41.2. The summed E-state index contributed by atoms with van der Waals surface area (Å²) in [6, 6.07) is 63.2. The van der Waals surface area contributed by atoms with Crippen LogP contribution in [0.1, 0.15) is 19.5 Å². The molecule has 0 aliphatic rings. The first kappa shape index (κ1) is 41.5. The summed E-state index contributed by atoms with van der Waals surface area (Å²) in [6.45, 7) is 11.4. The van der Waals surface area contributed by atoms with E-state index in [2.05, 4.69) is 183 Å². The van der Waals surface area contributed by atoms with Crippen molar-refractivity contribution in [3.63, 3.8) is 0 Å². The molecule has 0 amide bonds. The van der Waals surface area contributed by atoms with E-state index in [1.165, 1.54) is 5.19 Å². The van der Waals surface area contributed by atoms with Crippen LogP contribution in [0.5, 0.6) is 0 Å². The molecule has 0 saturated carbocycles. The first-order valence-electron chi connectivity index (χ1n) is 20.6. The van der Waals surface area contributed by atoms with Gasteiger partial charge in [-0.1, -0.05) is 148 Å². The van der Waals surface area contributed by atoms with Gasteiger partial charge in [-0.15, -0.1) is 54.1 Å². The van der Waals surface area contributed by atoms with Crippen molar-refractivity contribution in [3.8, 4) is 50.6 Å². The van der Waals surface area contributed by atoms with E-state index < -0.39 is 8.07 Å². The van der Waals surface area contributed by atoms with Crippen LogP contribution in [0, 0.1) is 18.1 Å². The summed E-state index contributed by atoms with van der Waals surface area (Å²) in [5, 5.41) is 3.41. The Labute approximate surface area is 372 Å². The minimum absolute atomic E-state index is 0. The molecule has 1 radical (unpaired) electrons. The predicted octanol–water partition coefficient (Wildman–Crippen LogP) is 13.4. The molecule has 0 spiro atoms. The molecule has 61 heavy (non-hydrogen) atoms. The number of benzene rings is 6. The van der Waals surface area contributed by atoms with Gasteiger partial charge in [-0.25, -0.2) is 4.98 Å². The minimum Gasteiger partial charge on any atom is -0.486 e. The molecule has 6 aromatic carbocycles. The Balaban J connectivity index is 0.000000255. The van der Waals surface area contributed by atoms with Gasteiger partial charge < -0.3 is 14.0 Å². The SMILES string of the molecule is CC(C)Cc1ccc2c(n1)oc1c(-c3nc4ccccc4n3-c3c(-c4ccccc4)cccc3-c3ccccc3)[c-]ccc12.C[Si](C)(C)c1ccc(-c2[c-]cccc2)nc1.[Ir]. The second-order valence-electron chi connectivity index (χ2n) is 16.6. The van der Waals surface area contributed by atoms with Crippen LogP contribution in [-0.2, 0) is 26.5 Å². The van der Waals surface area contributed by atoms with Gasteiger partial charge in [0.1, 0.15) is 0 Å². The summed E-state index contributed by atoms with van der Waals surface area (Å²) in [6.07, 6.45) is 2.92. The number of hydrogen-bond donors (Lipinski definition) is 0. The van der Waals surface area contributed by atoms with Crippen molar-refractivity contribution in [3.05, 3.63) is 188 Å². The number of aromatic nitrogens is 4. The van der Waals surface area contributed by atoms with Crippen LogP contribution in [0.3, 0.4) is 0 Å². The van der Waals surface area contributed by atoms with Crippen LogP contribution in [-0.4, -0.2) is 27.6 Å². The van der Waals surface area contributed by atoms with E-state index in [1.54, 1.807) is 0 Å². The fourth-order valence-electron chi connectivity index (χ4n) is 7.81. The van der Waals surface area contributed by atoms with Crippen molar-refractivity contribution >= 4 is 46.4 Å². The number of imidazole rings is 1. The minimum atomic E-state index is -1.23. The predicted molar refractivity (Wildman–Crippen MR) is 251 cm³/mol. The largest absolute Gasteiger partial charge is 0.486 e. The molecular formula is C54H46IrN4OSi-2. The molecular weight excluding hydrogens is 941 g/mol. The quantitative estimate of drug-likeness (QED) is 0.112. The topological polar surface area (TPSA) is 56.7 Å². The molecule has 0 fully saturated rings. The van der Waals surface area contributed by atoms with E-state index in [4.69, 9.17) is 14.4 Å². The monoisotopic (exact) mass is 987 g/mol. The van der Waals surface area contributed by atoms with Gasteiger partial charge in [0.25, 0.3) is 0 Å². The van der Waals surface area contributed by atoms with Gasteiger partial charge in [0.2, 0.25) is 5.71 Å². The van der Waals surface area contributed by atoms with Crippen LogP contribution in [0.25, 0.3) is 83.7 Å². The van der Waals surface area contributed by atoms with Crippen LogP contribution >= 0.6 is 0 Å². The third-order valence-electron chi connectivity index (χ3n) is 10.8. The zero-order valence-corrected chi connectivity index (χ0v) is 38.4. The van der Waals surface area contributed by atoms with Gasteiger partial charge in [-0.2, -0.15) is 0 Å². The van der Waals surface area contributed by atoms with E-state index in [9.17, 15) is 0 Å². The number of para-hydroxylation sites is 3. The molecule has 5 nitrogen and oxygen atoms in total. The van der Waals surface area contributed by atoms with Crippen LogP contribution < -0.4 is 5.19 Å². The summed E-state index contributed by atoms with van der Waals surface area (Å²) in [4.78, 5) is 14.7. The summed E-state index contributed by atoms with van der Waals surface area (Å²) in [5.74, 6) is 1.29. The van der Waals surface area contributed by atoms with Crippen molar-refractivity contribution < 1.29 is 24.5 Å². The fourth-order valence-corrected chi connectivity index (χ4v) is 8.85. The number of fused-ring (bicyclic) bond motifs is 4. The Morgan fingerprint density at radius 2 is 1.33 bits per heavy atom. The number of nitrogens with zero attached hydrogens (tertiary/aromatic N) is 4. The van der Waals surface area contributed by atoms with Crippen LogP contribution in [0.2, 0.25) is 19.6 Å². The Hall–Kier alpha value is -6.24. The molecule has 0 aliphatic carbocycles. The van der Waals surface area contributed by atoms with E-state index >= 15 is 0 Å². The normalized spacial score (nSPS) is 11.4. The Morgan fingerprint density at radius 1 is 0.639 bits per heavy atom. The van der Waals surface area contributed by atoms with Crippen molar-refractivity contribution in [2.75, 3.05) is 0 Å². The van der Waals surface area contributed by atoms with Gasteiger partial charge in [-0.3, -0.25) is 4.98 Å². The zero-order valence-electron chi connectivity index (χ0n) is 35.0. The first-order valence-corrected chi connectivity index (χ1v) is 24.1. The summed E-state index contributed by atoms with van der Waals surface area (Å²) >= 11 is 0. The fraction of sp³-hybridized carbons (Fsp3) is 0.130. The summed E-state index contributed by atoms with van der Waals surface area (Å²) < 4.78 is 8.87. The molecule has 10 rings (SSSR count). The molecule has 4 heterocycles. The van der Waals surface area contributed by atoms with E-state index in [1.807, 2.05) is 42.6 Å². The molecule has 10 aromatic rings. The average molecular weight is 987 g/mol. The smallest absolute Gasteiger partial charge is 0.216 e. The van der Waals surface area contributed by atoms with Crippen molar-refractivity contribution in [2.45, 2.75) is 39.9 Å². The Morgan fingerprint density at radius 3 is 1.97 bits per heavy atom. The van der Waals surface area contributed by atoms with Gasteiger partial charge in [0, 0.05) is 48.5 Å². The Bertz CT molecular complexity index is 3000. The number of furan rings is 1. The van der Waals surface area contributed by atoms with Crippen molar-refractivity contribution in [1.29, 1.82) is 0 Å². The Kier molecular flexibility index (Phi) is 12.1. The third-order valence-corrected chi connectivity index (χ3v) is 12.8. The number of rotatable bonds is 8. The maximum absolute atomic E-state index is 6.58. The maximum atomic E-state index is 6.58. The molecule has 7 heteroatoms. The molecule has 303 valence electrons. The standard InChI is InChI=1S/C40H30N3O.C14H16NSi.Ir/c1-26(2)25-29-23-24-33-32-19-12-20-34(38(32)44-40(33)41-29)39-42-35-21-9-10-22-36(35)43(39)37-30(27-13-5-3-6-14-27)17-11-18-31(37)28-15-7-4-8-16-28;1-16(2,3)13-9-10-14(15-11-13)12-7-5-4-6-8-12;/h3-19,21-24,26H,25H2,1-2H3;4-7,9-11H,1-3H3;/q2*-1;. The van der Waals surface area contributed by atoms with E-state index in [-0.39, 0.29) is 20.1 Å². The molecule has 0 atom stereocenters. The number of pyridine rings is 2. The van der Waals surface area contributed by atoms with Gasteiger partial charge in [-0.05, 0) is 58.6 Å². The third kappa shape index (κ3) is 8.55. The molecule has 0 bridgehead atoms. The molecule has 0 N–H and O–H groups in total. The maximum Gasteiger partial charge on any atom is 0.216 e. The van der Waals surface area contributed by atoms with Crippen molar-refractivity contribution in [2.24, 2.45) is 5.92 Å². The molecule has 0 aliphatic heterocycles. The second kappa shape index (κ2) is 17.8. The number of hydrogen-bond acceptors (Lipinski definition) is 4. The molecule has 0 unspecified atom stereocenters. The molecule has 0 saturated heterocycles. The first-order chi connectivity index (χ1) is 29.2. The van der Waals surface area contributed by atoms with Crippen LogP contribution in [0.4, 0.5) is 0 Å². The summed E-state index contributed by atoms with van der Waals surface area (Å²) in [5.41, 5.74) is 12.8. The van der Waals surface area contributed by atoms with Gasteiger partial charge >= 0.3 is 0 Å². The van der Waals surface area contributed by atoms with E-state index in [0.29, 0.717) is 11.6 Å². The van der Waals surface area contributed by atoms with Gasteiger partial charge in [0.15, 0.2) is 0 Å². The van der Waals surface area contributed by atoms with Gasteiger partial charge in [0.05, 0.1) is 36.2 Å². The van der Waals surface area contributed by atoms with Crippen molar-refractivity contribution in [1.82, 2.24) is 19.5 Å². The average Bonchev–Trinajstić information content (AvgIpc) is 3.85. The second-order valence-corrected chi connectivity index (χ2v) is 21.7. The van der Waals surface area contributed by atoms with Crippen LogP contribution in [0.15, 0.2) is 174 Å². The molecule has 4 aromatic heterocycles. The van der Waals surface area contributed by atoms with E-state index in [0.717, 1.165) is 90.1 Å².